The summed E-state index contributed by atoms with van der Waals surface area (Å²) < 4.78 is 29.1. The van der Waals surface area contributed by atoms with Gasteiger partial charge in [0.1, 0.15) is 5.75 Å². The Morgan fingerprint density at radius 2 is 1.68 bits per heavy atom. The molecule has 0 saturated heterocycles. The van der Waals surface area contributed by atoms with Crippen LogP contribution in [0.4, 0.5) is 4.39 Å². The van der Waals surface area contributed by atoms with Gasteiger partial charge < -0.3 is 14.2 Å². The third kappa shape index (κ3) is 5.40. The van der Waals surface area contributed by atoms with Gasteiger partial charge >= 0.3 is 5.97 Å². The first kappa shape index (κ1) is 23.0. The van der Waals surface area contributed by atoms with E-state index < -0.39 is 30.9 Å². The number of carbonyl (C=O) groups excluding carboxylic acids is 2. The molecule has 1 atom stereocenters. The molecule has 1 amide bonds. The van der Waals surface area contributed by atoms with Crippen molar-refractivity contribution in [1.29, 1.82) is 0 Å². The molecule has 3 aromatic carbocycles. The molecule has 0 spiro atoms. The number of para-hydroxylation sites is 1. The second-order valence-electron chi connectivity index (χ2n) is 7.52. The van der Waals surface area contributed by atoms with E-state index in [0.29, 0.717) is 12.2 Å². The molecule has 0 radical (unpaired) electrons. The standard InChI is InChI=1S/C26H23FN2O5/c1-32-20-13-11-19(12-14-20)23-15-22(18-7-3-2-4-8-18)28-29(23)25(30)16-34-26(31)17-33-24-10-6-5-9-21(24)27/h2-14,23H,15-17H2,1H3. The molecule has 0 bridgehead atoms. The maximum Gasteiger partial charge on any atom is 0.344 e. The Kier molecular flexibility index (Phi) is 7.17. The average molecular weight is 462 g/mol. The van der Waals surface area contributed by atoms with Crippen molar-refractivity contribution >= 4 is 17.6 Å². The summed E-state index contributed by atoms with van der Waals surface area (Å²) >= 11 is 0. The van der Waals surface area contributed by atoms with Crippen LogP contribution in [0.15, 0.2) is 84.0 Å². The molecule has 0 fully saturated rings. The normalized spacial score (nSPS) is 14.9. The first-order chi connectivity index (χ1) is 16.5. The Morgan fingerprint density at radius 1 is 0.971 bits per heavy atom. The van der Waals surface area contributed by atoms with Crippen LogP contribution in [0.25, 0.3) is 0 Å². The van der Waals surface area contributed by atoms with Crippen LogP contribution in [0.2, 0.25) is 0 Å². The van der Waals surface area contributed by atoms with Crippen molar-refractivity contribution in [3.05, 3.63) is 95.8 Å². The van der Waals surface area contributed by atoms with Crippen LogP contribution in [-0.4, -0.2) is 42.9 Å². The first-order valence-electron chi connectivity index (χ1n) is 10.7. The highest BCUT2D eigenvalue weighted by molar-refractivity contribution is 6.03. The van der Waals surface area contributed by atoms with E-state index in [-0.39, 0.29) is 11.8 Å². The van der Waals surface area contributed by atoms with E-state index in [9.17, 15) is 14.0 Å². The number of halogens is 1. The van der Waals surface area contributed by atoms with Crippen molar-refractivity contribution in [3.8, 4) is 11.5 Å². The molecule has 1 heterocycles. The number of rotatable bonds is 8. The van der Waals surface area contributed by atoms with Gasteiger partial charge in [-0.2, -0.15) is 5.10 Å². The Balaban J connectivity index is 1.44. The molecule has 174 valence electrons. The zero-order chi connectivity index (χ0) is 23.9. The number of carbonyl (C=O) groups is 2. The van der Waals surface area contributed by atoms with Gasteiger partial charge in [0.15, 0.2) is 24.8 Å². The summed E-state index contributed by atoms with van der Waals surface area (Å²) in [6.45, 7) is -1.04. The summed E-state index contributed by atoms with van der Waals surface area (Å²) in [6.07, 6.45) is 0.506. The summed E-state index contributed by atoms with van der Waals surface area (Å²) in [7, 11) is 1.58. The average Bonchev–Trinajstić information content (AvgIpc) is 3.33. The lowest BCUT2D eigenvalue weighted by Crippen LogP contribution is -2.32. The summed E-state index contributed by atoms with van der Waals surface area (Å²) in [5.41, 5.74) is 2.54. The Morgan fingerprint density at radius 3 is 2.38 bits per heavy atom. The molecule has 0 aliphatic carbocycles. The van der Waals surface area contributed by atoms with Crippen molar-refractivity contribution in [1.82, 2.24) is 5.01 Å². The molecule has 7 nitrogen and oxygen atoms in total. The minimum atomic E-state index is -0.788. The van der Waals surface area contributed by atoms with Gasteiger partial charge in [0, 0.05) is 6.42 Å². The summed E-state index contributed by atoms with van der Waals surface area (Å²) in [6, 6.07) is 22.3. The number of amides is 1. The molecule has 1 aliphatic rings. The molecular weight excluding hydrogens is 439 g/mol. The van der Waals surface area contributed by atoms with Crippen LogP contribution in [0.3, 0.4) is 0 Å². The second kappa shape index (κ2) is 10.6. The Labute approximate surface area is 196 Å². The lowest BCUT2D eigenvalue weighted by Gasteiger charge is -2.22. The third-order valence-electron chi connectivity index (χ3n) is 5.31. The maximum absolute atomic E-state index is 13.6. The lowest BCUT2D eigenvalue weighted by molar-refractivity contribution is -0.154. The van der Waals surface area contributed by atoms with Gasteiger partial charge in [-0.05, 0) is 35.4 Å². The van der Waals surface area contributed by atoms with Crippen molar-refractivity contribution in [3.63, 3.8) is 0 Å². The van der Waals surface area contributed by atoms with E-state index in [1.807, 2.05) is 54.6 Å². The van der Waals surface area contributed by atoms with Gasteiger partial charge in [0.05, 0.1) is 18.9 Å². The number of ether oxygens (including phenoxy) is 3. The van der Waals surface area contributed by atoms with Crippen molar-refractivity contribution in [2.75, 3.05) is 20.3 Å². The zero-order valence-electron chi connectivity index (χ0n) is 18.5. The second-order valence-corrected chi connectivity index (χ2v) is 7.52. The quantitative estimate of drug-likeness (QED) is 0.471. The molecule has 8 heteroatoms. The van der Waals surface area contributed by atoms with E-state index in [0.717, 1.165) is 16.8 Å². The zero-order valence-corrected chi connectivity index (χ0v) is 18.5. The van der Waals surface area contributed by atoms with Crippen LogP contribution in [0.5, 0.6) is 11.5 Å². The van der Waals surface area contributed by atoms with Crippen LogP contribution in [0, 0.1) is 5.82 Å². The van der Waals surface area contributed by atoms with Gasteiger partial charge in [0.2, 0.25) is 0 Å². The molecule has 4 rings (SSSR count). The highest BCUT2D eigenvalue weighted by Gasteiger charge is 2.33. The molecule has 0 saturated carbocycles. The van der Waals surface area contributed by atoms with Gasteiger partial charge in [-0.15, -0.1) is 0 Å². The van der Waals surface area contributed by atoms with E-state index in [2.05, 4.69) is 5.10 Å². The number of nitrogens with zero attached hydrogens (tertiary/aromatic N) is 2. The number of methoxy groups -OCH3 is 1. The molecule has 0 N–H and O–H groups in total. The van der Waals surface area contributed by atoms with Crippen LogP contribution >= 0.6 is 0 Å². The fourth-order valence-corrected chi connectivity index (χ4v) is 3.58. The maximum atomic E-state index is 13.6. The number of hydrazone groups is 1. The van der Waals surface area contributed by atoms with Crippen molar-refractivity contribution < 1.29 is 28.2 Å². The summed E-state index contributed by atoms with van der Waals surface area (Å²) in [4.78, 5) is 25.0. The number of hydrogen-bond donors (Lipinski definition) is 0. The number of benzene rings is 3. The van der Waals surface area contributed by atoms with Gasteiger partial charge in [-0.3, -0.25) is 4.79 Å². The fraction of sp³-hybridized carbons (Fsp3) is 0.192. The smallest absolute Gasteiger partial charge is 0.344 e. The Bertz CT molecular complexity index is 1180. The summed E-state index contributed by atoms with van der Waals surface area (Å²) in [5.74, 6) is -1.22. The van der Waals surface area contributed by atoms with Crippen molar-refractivity contribution in [2.45, 2.75) is 12.5 Å². The SMILES string of the molecule is COc1ccc(C2CC(c3ccccc3)=NN2C(=O)COC(=O)COc2ccccc2F)cc1. The van der Waals surface area contributed by atoms with E-state index in [1.165, 1.54) is 23.2 Å². The van der Waals surface area contributed by atoms with Crippen LogP contribution in [-0.2, 0) is 14.3 Å². The topological polar surface area (TPSA) is 77.4 Å². The molecule has 0 aromatic heterocycles. The predicted molar refractivity (Wildman–Crippen MR) is 123 cm³/mol. The number of esters is 1. The van der Waals surface area contributed by atoms with Gasteiger partial charge in [0.25, 0.3) is 5.91 Å². The highest BCUT2D eigenvalue weighted by atomic mass is 19.1. The van der Waals surface area contributed by atoms with E-state index in [1.54, 1.807) is 13.2 Å². The fourth-order valence-electron chi connectivity index (χ4n) is 3.58. The van der Waals surface area contributed by atoms with Gasteiger partial charge in [-0.25, -0.2) is 14.2 Å². The lowest BCUT2D eigenvalue weighted by atomic mass is 9.98. The molecule has 1 unspecified atom stereocenters. The first-order valence-corrected chi connectivity index (χ1v) is 10.7. The van der Waals surface area contributed by atoms with E-state index in [4.69, 9.17) is 14.2 Å². The minimum Gasteiger partial charge on any atom is -0.497 e. The molecular formula is C26H23FN2O5. The molecule has 3 aromatic rings. The van der Waals surface area contributed by atoms with Crippen molar-refractivity contribution in [2.24, 2.45) is 5.10 Å². The van der Waals surface area contributed by atoms with Gasteiger partial charge in [-0.1, -0.05) is 54.6 Å². The third-order valence-corrected chi connectivity index (χ3v) is 5.31. The molecule has 1 aliphatic heterocycles. The van der Waals surface area contributed by atoms with Crippen LogP contribution < -0.4 is 9.47 Å². The van der Waals surface area contributed by atoms with Crippen LogP contribution in [0.1, 0.15) is 23.6 Å². The number of hydrogen-bond acceptors (Lipinski definition) is 6. The Hall–Kier alpha value is -4.20. The molecule has 34 heavy (non-hydrogen) atoms. The summed E-state index contributed by atoms with van der Waals surface area (Å²) in [5, 5.41) is 5.88. The largest absolute Gasteiger partial charge is 0.497 e. The van der Waals surface area contributed by atoms with E-state index >= 15 is 0 Å². The monoisotopic (exact) mass is 462 g/mol. The highest BCUT2D eigenvalue weighted by Crippen LogP contribution is 2.33. The minimum absolute atomic E-state index is 0.0676. The predicted octanol–water partition coefficient (Wildman–Crippen LogP) is 4.13.